The Bertz CT molecular complexity index is 836. The van der Waals surface area contributed by atoms with Gasteiger partial charge in [-0.3, -0.25) is 19.7 Å². The van der Waals surface area contributed by atoms with Gasteiger partial charge in [0.2, 0.25) is 0 Å². The molecule has 1 atom stereocenters. The normalized spacial score (nSPS) is 11.4. The summed E-state index contributed by atoms with van der Waals surface area (Å²) in [5, 5.41) is 16.2. The van der Waals surface area contributed by atoms with Crippen molar-refractivity contribution >= 4 is 23.2 Å². The van der Waals surface area contributed by atoms with E-state index in [0.717, 1.165) is 12.8 Å². The molecule has 2 amide bonds. The fraction of sp³-hybridized carbons (Fsp3) is 0.300. The Morgan fingerprint density at radius 1 is 1.18 bits per heavy atom. The highest BCUT2D eigenvalue weighted by Crippen LogP contribution is 2.19. The molecule has 2 N–H and O–H groups in total. The van der Waals surface area contributed by atoms with E-state index in [1.54, 1.807) is 31.2 Å². The van der Waals surface area contributed by atoms with Crippen LogP contribution in [0.2, 0.25) is 0 Å². The number of non-ortho nitro benzene ring substituents is 1. The summed E-state index contributed by atoms with van der Waals surface area (Å²) in [5.74, 6) is -0.251. The second-order valence-electron chi connectivity index (χ2n) is 6.19. The molecule has 28 heavy (non-hydrogen) atoms. The minimum atomic E-state index is -0.830. The number of nitrogens with zero attached hydrogens (tertiary/aromatic N) is 1. The number of carbonyl (C=O) groups excluding carboxylic acids is 2. The van der Waals surface area contributed by atoms with Gasteiger partial charge in [0.05, 0.1) is 4.92 Å². The van der Waals surface area contributed by atoms with Gasteiger partial charge < -0.3 is 15.4 Å². The van der Waals surface area contributed by atoms with Crippen molar-refractivity contribution in [3.8, 4) is 5.75 Å². The fourth-order valence-electron chi connectivity index (χ4n) is 2.37. The highest BCUT2D eigenvalue weighted by Gasteiger charge is 2.16. The molecule has 0 heterocycles. The second kappa shape index (κ2) is 10.1. The number of hydrogen-bond acceptors (Lipinski definition) is 5. The molecule has 1 unspecified atom stereocenters. The molecule has 0 radical (unpaired) electrons. The van der Waals surface area contributed by atoms with Crippen molar-refractivity contribution in [1.82, 2.24) is 5.32 Å². The molecule has 0 aliphatic heterocycles. The summed E-state index contributed by atoms with van der Waals surface area (Å²) in [6.07, 6.45) is 1.06. The van der Waals surface area contributed by atoms with E-state index in [2.05, 4.69) is 10.6 Å². The second-order valence-corrected chi connectivity index (χ2v) is 6.19. The number of benzene rings is 2. The molecular formula is C20H23N3O5. The van der Waals surface area contributed by atoms with Crippen LogP contribution in [0.5, 0.6) is 5.75 Å². The summed E-state index contributed by atoms with van der Waals surface area (Å²) in [5.41, 5.74) is 0.878. The zero-order valence-corrected chi connectivity index (χ0v) is 15.8. The van der Waals surface area contributed by atoms with Crippen molar-refractivity contribution in [3.63, 3.8) is 0 Å². The SMILES string of the molecule is CCCCNC(=O)c1cccc(NC(=O)C(C)Oc2ccc([N+](=O)[O-])cc2)c1. The first kappa shape index (κ1) is 20.9. The van der Waals surface area contributed by atoms with E-state index < -0.39 is 16.9 Å². The van der Waals surface area contributed by atoms with Gasteiger partial charge in [-0.05, 0) is 43.7 Å². The number of unbranched alkanes of at least 4 members (excludes halogenated alkanes) is 1. The third-order valence-corrected chi connectivity index (χ3v) is 3.94. The molecule has 148 valence electrons. The van der Waals surface area contributed by atoms with Crippen LogP contribution in [-0.4, -0.2) is 29.4 Å². The van der Waals surface area contributed by atoms with Crippen LogP contribution in [0.25, 0.3) is 0 Å². The Morgan fingerprint density at radius 2 is 1.89 bits per heavy atom. The smallest absolute Gasteiger partial charge is 0.269 e. The maximum absolute atomic E-state index is 12.3. The zero-order chi connectivity index (χ0) is 20.5. The molecule has 8 nitrogen and oxygen atoms in total. The van der Waals surface area contributed by atoms with Crippen molar-refractivity contribution in [1.29, 1.82) is 0 Å². The van der Waals surface area contributed by atoms with Gasteiger partial charge in [0.1, 0.15) is 5.75 Å². The molecule has 0 aromatic heterocycles. The average Bonchev–Trinajstić information content (AvgIpc) is 2.68. The molecule has 0 saturated heterocycles. The Hall–Kier alpha value is -3.42. The highest BCUT2D eigenvalue weighted by atomic mass is 16.6. The lowest BCUT2D eigenvalue weighted by atomic mass is 10.1. The first-order chi connectivity index (χ1) is 13.4. The zero-order valence-electron chi connectivity index (χ0n) is 15.8. The first-order valence-corrected chi connectivity index (χ1v) is 9.01. The Kier molecular flexibility index (Phi) is 7.50. The Balaban J connectivity index is 1.95. The van der Waals surface area contributed by atoms with E-state index in [1.807, 2.05) is 6.92 Å². The Morgan fingerprint density at radius 3 is 2.54 bits per heavy atom. The monoisotopic (exact) mass is 385 g/mol. The molecule has 0 fully saturated rings. The van der Waals surface area contributed by atoms with Gasteiger partial charge in [-0.25, -0.2) is 0 Å². The molecule has 0 spiro atoms. The number of amides is 2. The van der Waals surface area contributed by atoms with E-state index >= 15 is 0 Å². The number of carbonyl (C=O) groups is 2. The van der Waals surface area contributed by atoms with Gasteiger partial charge >= 0.3 is 0 Å². The molecule has 2 rings (SSSR count). The van der Waals surface area contributed by atoms with Gasteiger partial charge in [0, 0.05) is 29.9 Å². The molecule has 8 heteroatoms. The van der Waals surface area contributed by atoms with Gasteiger partial charge in [-0.1, -0.05) is 19.4 Å². The number of hydrogen-bond donors (Lipinski definition) is 2. The predicted octanol–water partition coefficient (Wildman–Crippen LogP) is 3.53. The fourth-order valence-corrected chi connectivity index (χ4v) is 2.37. The van der Waals surface area contributed by atoms with E-state index in [-0.39, 0.29) is 11.6 Å². The summed E-state index contributed by atoms with van der Waals surface area (Å²) in [6.45, 7) is 4.21. The largest absolute Gasteiger partial charge is 0.481 e. The van der Waals surface area contributed by atoms with Crippen molar-refractivity contribution < 1.29 is 19.2 Å². The lowest BCUT2D eigenvalue weighted by Crippen LogP contribution is -2.30. The average molecular weight is 385 g/mol. The lowest BCUT2D eigenvalue weighted by Gasteiger charge is -2.15. The summed E-state index contributed by atoms with van der Waals surface area (Å²) < 4.78 is 5.51. The standard InChI is InChI=1S/C20H23N3O5/c1-3-4-12-21-20(25)15-6-5-7-16(13-15)22-19(24)14(2)28-18-10-8-17(9-11-18)23(26)27/h5-11,13-14H,3-4,12H2,1-2H3,(H,21,25)(H,22,24). The highest BCUT2D eigenvalue weighted by molar-refractivity contribution is 5.98. The number of nitro benzene ring substituents is 1. The number of anilines is 1. The van der Waals surface area contributed by atoms with E-state index in [1.165, 1.54) is 24.3 Å². The van der Waals surface area contributed by atoms with Crippen LogP contribution in [0, 0.1) is 10.1 Å². The van der Waals surface area contributed by atoms with Crippen LogP contribution in [0.15, 0.2) is 48.5 Å². The molecule has 0 saturated carbocycles. The van der Waals surface area contributed by atoms with Crippen LogP contribution in [0.4, 0.5) is 11.4 Å². The number of nitro groups is 1. The van der Waals surface area contributed by atoms with Crippen molar-refractivity contribution in [2.24, 2.45) is 0 Å². The molecule has 0 bridgehead atoms. The molecule has 2 aromatic rings. The lowest BCUT2D eigenvalue weighted by molar-refractivity contribution is -0.384. The summed E-state index contributed by atoms with van der Waals surface area (Å²) in [6, 6.07) is 12.1. The summed E-state index contributed by atoms with van der Waals surface area (Å²) in [4.78, 5) is 34.6. The van der Waals surface area contributed by atoms with Crippen LogP contribution in [-0.2, 0) is 4.79 Å². The van der Waals surface area contributed by atoms with Crippen LogP contribution in [0.1, 0.15) is 37.0 Å². The maximum Gasteiger partial charge on any atom is 0.269 e. The van der Waals surface area contributed by atoms with E-state index in [0.29, 0.717) is 23.5 Å². The maximum atomic E-state index is 12.3. The minimum Gasteiger partial charge on any atom is -0.481 e. The van der Waals surface area contributed by atoms with Crippen LogP contribution in [0.3, 0.4) is 0 Å². The number of rotatable bonds is 9. The molecule has 0 aliphatic carbocycles. The van der Waals surface area contributed by atoms with Crippen molar-refractivity contribution in [2.45, 2.75) is 32.8 Å². The van der Waals surface area contributed by atoms with Gasteiger partial charge in [-0.2, -0.15) is 0 Å². The molecule has 2 aromatic carbocycles. The quantitative estimate of drug-likeness (QED) is 0.390. The minimum absolute atomic E-state index is 0.0570. The van der Waals surface area contributed by atoms with Gasteiger partial charge in [-0.15, -0.1) is 0 Å². The summed E-state index contributed by atoms with van der Waals surface area (Å²) >= 11 is 0. The molecular weight excluding hydrogens is 362 g/mol. The van der Waals surface area contributed by atoms with Crippen molar-refractivity contribution in [2.75, 3.05) is 11.9 Å². The number of ether oxygens (including phenoxy) is 1. The first-order valence-electron chi connectivity index (χ1n) is 9.01. The van der Waals surface area contributed by atoms with E-state index in [4.69, 9.17) is 4.74 Å². The van der Waals surface area contributed by atoms with Crippen molar-refractivity contribution in [3.05, 3.63) is 64.2 Å². The number of nitrogens with one attached hydrogen (secondary N) is 2. The third-order valence-electron chi connectivity index (χ3n) is 3.94. The summed E-state index contributed by atoms with van der Waals surface area (Å²) in [7, 11) is 0. The van der Waals surface area contributed by atoms with E-state index in [9.17, 15) is 19.7 Å². The Labute approximate surface area is 163 Å². The van der Waals surface area contributed by atoms with Crippen LogP contribution < -0.4 is 15.4 Å². The van der Waals surface area contributed by atoms with Crippen LogP contribution >= 0.6 is 0 Å². The van der Waals surface area contributed by atoms with Gasteiger partial charge in [0.15, 0.2) is 6.10 Å². The van der Waals surface area contributed by atoms with Gasteiger partial charge in [0.25, 0.3) is 17.5 Å². The predicted molar refractivity (Wildman–Crippen MR) is 105 cm³/mol. The topological polar surface area (TPSA) is 111 Å². The third kappa shape index (κ3) is 6.08. The molecule has 0 aliphatic rings.